The summed E-state index contributed by atoms with van der Waals surface area (Å²) in [6.45, 7) is 46.3. The van der Waals surface area contributed by atoms with E-state index in [1.165, 1.54) is 0 Å². The van der Waals surface area contributed by atoms with Crippen molar-refractivity contribution in [2.45, 2.75) is 185 Å². The van der Waals surface area contributed by atoms with Gasteiger partial charge in [-0.25, -0.2) is 0 Å². The first-order chi connectivity index (χ1) is 66.8. The van der Waals surface area contributed by atoms with Gasteiger partial charge in [0.15, 0.2) is 0 Å². The van der Waals surface area contributed by atoms with Gasteiger partial charge in [0, 0.05) is 72.3 Å². The molecule has 137 heavy (non-hydrogen) atoms. The van der Waals surface area contributed by atoms with E-state index < -0.39 is 35.7 Å². The summed E-state index contributed by atoms with van der Waals surface area (Å²) in [6, 6.07) is 136. The summed E-state index contributed by atoms with van der Waals surface area (Å²) in [7, 11) is 0. The van der Waals surface area contributed by atoms with Gasteiger partial charge in [-0.3, -0.25) is 0 Å². The highest BCUT2D eigenvalue weighted by atomic mass is 15.2. The van der Waals surface area contributed by atoms with Gasteiger partial charge in [-0.1, -0.05) is 400 Å². The van der Waals surface area contributed by atoms with E-state index in [1.807, 2.05) is 41.5 Å². The molecule has 0 amide bonds. The number of rotatable bonds is 14. The fourth-order valence-corrected chi connectivity index (χ4v) is 21.2. The first-order valence-corrected chi connectivity index (χ1v) is 49.1. The number of nitrogens with zero attached hydrogens (tertiary/aromatic N) is 4. The molecule has 0 radical (unpaired) electrons. The van der Waals surface area contributed by atoms with Gasteiger partial charge in [0.25, 0.3) is 6.71 Å². The first-order valence-electron chi connectivity index (χ1n) is 51.1. The maximum Gasteiger partial charge on any atom is 0.252 e. The van der Waals surface area contributed by atoms with Gasteiger partial charge in [-0.2, -0.15) is 0 Å². The minimum atomic E-state index is -1.90. The lowest BCUT2D eigenvalue weighted by molar-refractivity contribution is 0.411. The molecule has 0 atom stereocenters. The van der Waals surface area contributed by atoms with Gasteiger partial charge in [0.1, 0.15) is 0 Å². The molecule has 2 aromatic heterocycles. The molecule has 2 aliphatic heterocycles. The molecule has 0 fully saturated rings. The molecular formula is C132H127BN4. The lowest BCUT2D eigenvalue weighted by atomic mass is 9.33. The van der Waals surface area contributed by atoms with Crippen LogP contribution in [-0.2, 0) is 39.8 Å². The van der Waals surface area contributed by atoms with Crippen LogP contribution in [0.5, 0.6) is 0 Å². The van der Waals surface area contributed by atoms with Crippen molar-refractivity contribution in [3.05, 3.63) is 403 Å². The van der Waals surface area contributed by atoms with E-state index >= 15 is 0 Å². The quantitative estimate of drug-likeness (QED) is 0.101. The summed E-state index contributed by atoms with van der Waals surface area (Å²) in [5.74, 6) is 0. The molecule has 678 valence electrons. The Morgan fingerprint density at radius 3 is 0.752 bits per heavy atom. The number of hydrogen-bond acceptors (Lipinski definition) is 2. The van der Waals surface area contributed by atoms with E-state index in [2.05, 4.69) is 487 Å². The minimum Gasteiger partial charge on any atom is -0.311 e. The van der Waals surface area contributed by atoms with Crippen molar-refractivity contribution < 1.29 is 5.48 Å². The molecule has 0 saturated carbocycles. The molecule has 17 aromatic carbocycles. The van der Waals surface area contributed by atoms with Crippen LogP contribution < -0.4 is 26.2 Å². The zero-order valence-electron chi connectivity index (χ0n) is 87.5. The maximum atomic E-state index is 10.9. The monoisotopic (exact) mass is 1780 g/mol. The minimum absolute atomic E-state index is 0.255. The Labute approximate surface area is 819 Å². The van der Waals surface area contributed by atoms with Gasteiger partial charge in [-0.05, 0) is 293 Å². The first kappa shape index (κ1) is 84.7. The van der Waals surface area contributed by atoms with Crippen LogP contribution in [0.1, 0.15) is 190 Å². The van der Waals surface area contributed by atoms with Gasteiger partial charge >= 0.3 is 0 Å². The average molecular weight is 1780 g/mol. The molecule has 19 aromatic rings. The third kappa shape index (κ3) is 16.7. The van der Waals surface area contributed by atoms with Crippen molar-refractivity contribution in [3.8, 4) is 100 Å². The number of aromatic nitrogens is 2. The molecular weight excluding hydrogens is 1650 g/mol. The van der Waals surface area contributed by atoms with E-state index in [9.17, 15) is 5.48 Å². The molecule has 21 rings (SSSR count). The zero-order valence-corrected chi connectivity index (χ0v) is 83.5. The third-order valence-corrected chi connectivity index (χ3v) is 28.3. The molecule has 4 heterocycles. The SMILES string of the molecule is [2H]C([2H])(c1cc(-c2cccc(C(C)(C)C)c2)c(N2c3cc(-n4c5ccc(-c6ccccc6)cc5c5cc(-c6ccccc6)ccc54)ccc3B3c4ccc(-n5c6ccc(-c7ccccc7)cc6c6cc(-c7ccccc7)ccc65)cc4N(c4cc(-c5cccc(C(C)(C)C)c5)c(C([2H])([2H])C(C)(C)C)cc4-c4cccc(C(C)(C)C)c4)c4cc(C(C)(C)C)cc2c43)cc1-c1cccc(C(C)(C)C)c1)C(C)(C)C. The summed E-state index contributed by atoms with van der Waals surface area (Å²) in [6.07, 6.45) is -3.79. The second kappa shape index (κ2) is 33.5. The Kier molecular flexibility index (Phi) is 20.7. The Morgan fingerprint density at radius 2 is 0.482 bits per heavy atom. The van der Waals surface area contributed by atoms with Crippen LogP contribution in [0, 0.1) is 10.8 Å². The summed E-state index contributed by atoms with van der Waals surface area (Å²) in [4.78, 5) is 5.26. The van der Waals surface area contributed by atoms with Crippen molar-refractivity contribution in [1.82, 2.24) is 9.13 Å². The fourth-order valence-electron chi connectivity index (χ4n) is 21.2. The van der Waals surface area contributed by atoms with Crippen LogP contribution in [0.3, 0.4) is 0 Å². The van der Waals surface area contributed by atoms with Crippen LogP contribution in [0.15, 0.2) is 364 Å². The number of hydrogen-bond donors (Lipinski definition) is 0. The smallest absolute Gasteiger partial charge is 0.252 e. The Morgan fingerprint density at radius 1 is 0.212 bits per heavy atom. The molecule has 0 N–H and O–H groups in total. The lowest BCUT2D eigenvalue weighted by Crippen LogP contribution is -2.61. The largest absolute Gasteiger partial charge is 0.311 e. The predicted molar refractivity (Wildman–Crippen MR) is 592 cm³/mol. The molecule has 4 nitrogen and oxygen atoms in total. The van der Waals surface area contributed by atoms with Crippen molar-refractivity contribution in [2.75, 3.05) is 9.80 Å². The highest BCUT2D eigenvalue weighted by Gasteiger charge is 2.47. The molecule has 0 unspecified atom stereocenters. The highest BCUT2D eigenvalue weighted by molar-refractivity contribution is 7.00. The number of benzene rings is 17. The van der Waals surface area contributed by atoms with Crippen LogP contribution in [0.25, 0.3) is 144 Å². The van der Waals surface area contributed by atoms with Crippen molar-refractivity contribution in [1.29, 1.82) is 0 Å². The van der Waals surface area contributed by atoms with E-state index in [-0.39, 0.29) is 21.7 Å². The zero-order chi connectivity index (χ0) is 99.1. The Balaban J connectivity index is 0.953. The summed E-state index contributed by atoms with van der Waals surface area (Å²) < 4.78 is 48.6. The molecule has 0 aliphatic carbocycles. The predicted octanol–water partition coefficient (Wildman–Crippen LogP) is 35.0. The molecule has 0 saturated heterocycles. The normalized spacial score (nSPS) is 13.8. The van der Waals surface area contributed by atoms with Gasteiger partial charge < -0.3 is 18.9 Å². The standard InChI is InChI=1S/C132H127BN4/c1-126(2,3)82-96-74-107(94-48-36-52-100(68-94)130(13,14)15)119(80-105(96)92-46-34-50-98(66-92)128(7,8)9)136-121-78-103(134-115-62-54-88(84-38-26-22-27-39-84)70-109(115)110-71-89(55-63-116(110)134)85-40-28-23-29-41-85)58-60-113(121)133-114-61-59-104(135-117-64-56-90(86-42-30-24-31-43-86)72-111(117)112-73-91(57-65-118(112)135)87-44-32-25-33-45-87)79-122(114)137(124-77-102(132(19,20)21)76-123(136)125(124)133)120-81-106(93-47-35-51-99(67-93)129(10,11)12)97(83-127(4,5)6)75-108(120)95-49-37-53-101(69-95)131(16,17)18/h22-81H,82-83H2,1-21H3/i82D2,83D2. The fraction of sp³-hybridized carbons (Fsp3) is 0.227. The Bertz CT molecular complexity index is 7530. The van der Waals surface area contributed by atoms with E-state index in [1.54, 1.807) is 0 Å². The maximum absolute atomic E-state index is 10.9. The number of fused-ring (bicyclic) bond motifs is 10. The second-order valence-electron chi connectivity index (χ2n) is 45.7. The number of anilines is 6. The van der Waals surface area contributed by atoms with E-state index in [4.69, 9.17) is 0 Å². The van der Waals surface area contributed by atoms with Crippen molar-refractivity contribution in [3.63, 3.8) is 0 Å². The summed E-state index contributed by atoms with van der Waals surface area (Å²) in [5.41, 5.74) is 35.3. The van der Waals surface area contributed by atoms with Crippen molar-refractivity contribution >= 4 is 101 Å². The second-order valence-corrected chi connectivity index (χ2v) is 45.7. The molecule has 2 aliphatic rings. The van der Waals surface area contributed by atoms with Gasteiger partial charge in [0.05, 0.1) is 33.4 Å². The van der Waals surface area contributed by atoms with Crippen LogP contribution in [-0.4, -0.2) is 15.8 Å². The molecule has 5 heteroatoms. The van der Waals surface area contributed by atoms with E-state index in [0.29, 0.717) is 11.1 Å². The summed E-state index contributed by atoms with van der Waals surface area (Å²) >= 11 is 0. The van der Waals surface area contributed by atoms with Crippen molar-refractivity contribution in [2.24, 2.45) is 10.8 Å². The molecule has 0 spiro atoms. The van der Waals surface area contributed by atoms with Crippen LogP contribution in [0.2, 0.25) is 0 Å². The highest BCUT2D eigenvalue weighted by Crippen LogP contribution is 2.55. The van der Waals surface area contributed by atoms with Gasteiger partial charge in [0.2, 0.25) is 0 Å². The van der Waals surface area contributed by atoms with E-state index in [0.717, 1.165) is 222 Å². The summed E-state index contributed by atoms with van der Waals surface area (Å²) in [5, 5.41) is 4.56. The third-order valence-electron chi connectivity index (χ3n) is 28.3. The Hall–Kier alpha value is -14.0. The average Bonchev–Trinajstić information content (AvgIpc) is 1.29. The molecule has 0 bridgehead atoms. The topological polar surface area (TPSA) is 16.3 Å². The van der Waals surface area contributed by atoms with Crippen LogP contribution >= 0.6 is 0 Å². The lowest BCUT2D eigenvalue weighted by Gasteiger charge is -2.46. The van der Waals surface area contributed by atoms with Gasteiger partial charge in [-0.15, -0.1) is 0 Å². The van der Waals surface area contributed by atoms with Crippen LogP contribution in [0.4, 0.5) is 34.1 Å².